The van der Waals surface area contributed by atoms with Crippen LogP contribution < -0.4 is 0 Å². The number of ether oxygens (including phenoxy) is 1. The van der Waals surface area contributed by atoms with Crippen LogP contribution in [0.2, 0.25) is 5.02 Å². The largest absolute Gasteiger partial charge is 0.366 e. The monoisotopic (exact) mass is 490 g/mol. The van der Waals surface area contributed by atoms with Gasteiger partial charge in [0.2, 0.25) is 0 Å². The quantitative estimate of drug-likeness (QED) is 0.443. The predicted octanol–water partition coefficient (Wildman–Crippen LogP) is 3.90. The fraction of sp³-hybridized carbons (Fsp3) is 0.500. The van der Waals surface area contributed by atoms with E-state index in [1.807, 2.05) is 31.4 Å². The lowest BCUT2D eigenvalue weighted by atomic mass is 10.2. The van der Waals surface area contributed by atoms with Gasteiger partial charge in [-0.1, -0.05) is 11.6 Å². The van der Waals surface area contributed by atoms with Crippen LogP contribution in [0.3, 0.4) is 0 Å². The van der Waals surface area contributed by atoms with Crippen molar-refractivity contribution in [2.45, 2.75) is 69.8 Å². The standard InChI is InChI=1S/C22H27ClN6O3S/c1-13(2)32-20(21-25-10-17(23)11-26-21)15(4)33(30,31)12-19-27-28-22(29(19)18-5-6-18)16-7-14(3)8-24-9-16/h7-11,13,15,18,20H,5-6,12H2,1-4H3/t15-,20+/m0/s1. The highest BCUT2D eigenvalue weighted by molar-refractivity contribution is 7.91. The second kappa shape index (κ2) is 9.44. The second-order valence-corrected chi connectivity index (χ2v) is 11.5. The maximum Gasteiger partial charge on any atom is 0.165 e. The van der Waals surface area contributed by atoms with Gasteiger partial charge in [-0.15, -0.1) is 10.2 Å². The van der Waals surface area contributed by atoms with Crippen molar-refractivity contribution in [1.29, 1.82) is 0 Å². The highest BCUT2D eigenvalue weighted by Gasteiger charge is 2.37. The van der Waals surface area contributed by atoms with Crippen LogP contribution in [0.25, 0.3) is 11.4 Å². The molecule has 3 aromatic rings. The van der Waals surface area contributed by atoms with Crippen LogP contribution in [0.5, 0.6) is 0 Å². The molecule has 3 aromatic heterocycles. The van der Waals surface area contributed by atoms with Crippen LogP contribution in [0.15, 0.2) is 30.9 Å². The molecule has 1 saturated carbocycles. The van der Waals surface area contributed by atoms with Crippen molar-refractivity contribution in [2.75, 3.05) is 0 Å². The maximum absolute atomic E-state index is 13.5. The molecule has 0 bridgehead atoms. The maximum atomic E-state index is 13.5. The van der Waals surface area contributed by atoms with Gasteiger partial charge in [-0.3, -0.25) is 4.98 Å². The third-order valence-electron chi connectivity index (χ3n) is 5.45. The SMILES string of the molecule is Cc1cncc(-c2nnc(CS(=O)(=O)[C@@H](C)[C@@H](OC(C)C)c3ncc(Cl)cn3)n2C2CC2)c1. The summed E-state index contributed by atoms with van der Waals surface area (Å²) in [7, 11) is -3.70. The lowest BCUT2D eigenvalue weighted by Gasteiger charge is -2.25. The van der Waals surface area contributed by atoms with E-state index in [2.05, 4.69) is 25.1 Å². The highest BCUT2D eigenvalue weighted by Crippen LogP contribution is 2.39. The number of sulfone groups is 1. The van der Waals surface area contributed by atoms with Gasteiger partial charge in [0.05, 0.1) is 16.4 Å². The molecular weight excluding hydrogens is 464 g/mol. The molecule has 176 valence electrons. The van der Waals surface area contributed by atoms with Gasteiger partial charge in [0.15, 0.2) is 21.5 Å². The van der Waals surface area contributed by atoms with Gasteiger partial charge in [-0.25, -0.2) is 18.4 Å². The number of hydrogen-bond donors (Lipinski definition) is 0. The lowest BCUT2D eigenvalue weighted by Crippen LogP contribution is -2.32. The Labute approximate surface area is 198 Å². The lowest BCUT2D eigenvalue weighted by molar-refractivity contribution is 0.00143. The number of nitrogens with zero attached hydrogens (tertiary/aromatic N) is 6. The van der Waals surface area contributed by atoms with Gasteiger partial charge in [0.1, 0.15) is 17.7 Å². The summed E-state index contributed by atoms with van der Waals surface area (Å²) in [5.41, 5.74) is 1.82. The van der Waals surface area contributed by atoms with E-state index in [0.717, 1.165) is 24.0 Å². The summed E-state index contributed by atoms with van der Waals surface area (Å²) in [5.74, 6) is 1.07. The molecule has 1 aliphatic carbocycles. The van der Waals surface area contributed by atoms with Crippen LogP contribution in [-0.4, -0.2) is 49.5 Å². The molecule has 1 fully saturated rings. The number of rotatable bonds is 9. The Morgan fingerprint density at radius 3 is 2.42 bits per heavy atom. The smallest absolute Gasteiger partial charge is 0.165 e. The van der Waals surface area contributed by atoms with E-state index >= 15 is 0 Å². The van der Waals surface area contributed by atoms with Crippen LogP contribution in [0.1, 0.15) is 63.0 Å². The third-order valence-corrected chi connectivity index (χ3v) is 7.68. The van der Waals surface area contributed by atoms with E-state index in [4.69, 9.17) is 16.3 Å². The molecule has 0 radical (unpaired) electrons. The minimum atomic E-state index is -3.70. The molecule has 0 aliphatic heterocycles. The van der Waals surface area contributed by atoms with Crippen LogP contribution in [-0.2, 0) is 20.3 Å². The van der Waals surface area contributed by atoms with Gasteiger partial charge >= 0.3 is 0 Å². The van der Waals surface area contributed by atoms with E-state index in [9.17, 15) is 8.42 Å². The Kier molecular flexibility index (Phi) is 6.78. The number of aromatic nitrogens is 6. The summed E-state index contributed by atoms with van der Waals surface area (Å²) in [6, 6.07) is 2.17. The summed E-state index contributed by atoms with van der Waals surface area (Å²) >= 11 is 5.91. The van der Waals surface area contributed by atoms with Crippen LogP contribution in [0, 0.1) is 6.92 Å². The summed E-state index contributed by atoms with van der Waals surface area (Å²) in [5, 5.41) is 8.06. The summed E-state index contributed by atoms with van der Waals surface area (Å²) in [6.07, 6.45) is 7.23. The molecule has 33 heavy (non-hydrogen) atoms. The Morgan fingerprint density at radius 1 is 1.12 bits per heavy atom. The molecule has 0 amide bonds. The topological polar surface area (TPSA) is 113 Å². The van der Waals surface area contributed by atoms with E-state index < -0.39 is 21.2 Å². The zero-order valence-electron chi connectivity index (χ0n) is 19.0. The van der Waals surface area contributed by atoms with Crippen molar-refractivity contribution in [3.05, 3.63) is 53.1 Å². The van der Waals surface area contributed by atoms with Crippen molar-refractivity contribution < 1.29 is 13.2 Å². The van der Waals surface area contributed by atoms with Crippen LogP contribution >= 0.6 is 11.6 Å². The van der Waals surface area contributed by atoms with E-state index in [1.54, 1.807) is 19.3 Å². The number of pyridine rings is 1. The molecule has 0 N–H and O–H groups in total. The summed E-state index contributed by atoms with van der Waals surface area (Å²) < 4.78 is 34.9. The molecule has 0 aromatic carbocycles. The fourth-order valence-corrected chi connectivity index (χ4v) is 5.14. The first kappa shape index (κ1) is 23.7. The van der Waals surface area contributed by atoms with Crippen molar-refractivity contribution >= 4 is 21.4 Å². The number of hydrogen-bond acceptors (Lipinski definition) is 8. The molecule has 3 heterocycles. The molecule has 0 spiro atoms. The molecule has 4 rings (SSSR count). The average molecular weight is 491 g/mol. The van der Waals surface area contributed by atoms with Crippen molar-refractivity contribution in [2.24, 2.45) is 0 Å². The minimum absolute atomic E-state index is 0.193. The van der Waals surface area contributed by atoms with E-state index in [-0.39, 0.29) is 23.7 Å². The minimum Gasteiger partial charge on any atom is -0.366 e. The fourth-order valence-electron chi connectivity index (χ4n) is 3.66. The molecule has 9 nitrogen and oxygen atoms in total. The zero-order valence-corrected chi connectivity index (χ0v) is 20.6. The molecule has 0 unspecified atom stereocenters. The van der Waals surface area contributed by atoms with Gasteiger partial charge in [0.25, 0.3) is 0 Å². The Morgan fingerprint density at radius 2 is 1.82 bits per heavy atom. The molecule has 11 heteroatoms. The Bertz CT molecular complexity index is 1230. The normalized spacial score (nSPS) is 16.2. The first-order chi connectivity index (χ1) is 15.7. The van der Waals surface area contributed by atoms with Gasteiger partial charge in [-0.2, -0.15) is 0 Å². The molecular formula is C22H27ClN6O3S. The second-order valence-electron chi connectivity index (χ2n) is 8.67. The third kappa shape index (κ3) is 5.39. The van der Waals surface area contributed by atoms with Crippen molar-refractivity contribution in [3.63, 3.8) is 0 Å². The molecule has 2 atom stereocenters. The first-order valence-electron chi connectivity index (χ1n) is 10.9. The van der Waals surface area contributed by atoms with Gasteiger partial charge in [0, 0.05) is 36.4 Å². The van der Waals surface area contributed by atoms with E-state index in [0.29, 0.717) is 16.7 Å². The van der Waals surface area contributed by atoms with E-state index in [1.165, 1.54) is 12.4 Å². The van der Waals surface area contributed by atoms with Crippen molar-refractivity contribution in [3.8, 4) is 11.4 Å². The first-order valence-corrected chi connectivity index (χ1v) is 13.0. The summed E-state index contributed by atoms with van der Waals surface area (Å²) in [4.78, 5) is 12.7. The van der Waals surface area contributed by atoms with Crippen molar-refractivity contribution in [1.82, 2.24) is 29.7 Å². The Balaban J connectivity index is 1.65. The number of aryl methyl sites for hydroxylation is 1. The molecule has 1 aliphatic rings. The predicted molar refractivity (Wildman–Crippen MR) is 124 cm³/mol. The highest BCUT2D eigenvalue weighted by atomic mass is 35.5. The summed E-state index contributed by atoms with van der Waals surface area (Å²) in [6.45, 7) is 7.25. The average Bonchev–Trinajstić information content (AvgIpc) is 3.52. The molecule has 0 saturated heterocycles. The van der Waals surface area contributed by atoms with Gasteiger partial charge in [-0.05, 0) is 52.2 Å². The Hall–Kier alpha value is -2.43. The number of halogens is 1. The van der Waals surface area contributed by atoms with Crippen LogP contribution in [0.4, 0.5) is 0 Å². The zero-order chi connectivity index (χ0) is 23.8. The van der Waals surface area contributed by atoms with Gasteiger partial charge < -0.3 is 9.30 Å².